The smallest absolute Gasteiger partial charge is 0.226 e. The van der Waals surface area contributed by atoms with Crippen molar-refractivity contribution in [2.45, 2.75) is 12.1 Å². The Morgan fingerprint density at radius 2 is 1.67 bits per heavy atom. The monoisotopic (exact) mass is 486 g/mol. The molecule has 2 atom stereocenters. The third-order valence-electron chi connectivity index (χ3n) is 6.51. The van der Waals surface area contributed by atoms with Gasteiger partial charge in [0.1, 0.15) is 30.0 Å². The second-order valence-electron chi connectivity index (χ2n) is 8.36. The summed E-state index contributed by atoms with van der Waals surface area (Å²) in [6, 6.07) is 17.5. The number of para-hydroxylation sites is 1. The Bertz CT molecular complexity index is 1470. The quantitative estimate of drug-likeness (QED) is 0.425. The minimum Gasteiger partial charge on any atom is -0.493 e. The van der Waals surface area contributed by atoms with Crippen LogP contribution in [0, 0.1) is 5.82 Å². The first-order valence-corrected chi connectivity index (χ1v) is 11.4. The van der Waals surface area contributed by atoms with Crippen LogP contribution in [0.5, 0.6) is 23.0 Å². The van der Waals surface area contributed by atoms with Gasteiger partial charge in [0.2, 0.25) is 11.7 Å². The number of aromatic nitrogens is 3. The van der Waals surface area contributed by atoms with Gasteiger partial charge in [-0.15, -0.1) is 0 Å². The zero-order chi connectivity index (χ0) is 24.8. The first-order valence-electron chi connectivity index (χ1n) is 11.4. The lowest BCUT2D eigenvalue weighted by Crippen LogP contribution is -2.32. The molecule has 0 unspecified atom stereocenters. The number of methoxy groups -OCH3 is 3. The fourth-order valence-corrected chi connectivity index (χ4v) is 4.94. The molecule has 0 spiro atoms. The van der Waals surface area contributed by atoms with Gasteiger partial charge in [0, 0.05) is 22.3 Å². The Morgan fingerprint density at radius 1 is 0.944 bits per heavy atom. The summed E-state index contributed by atoms with van der Waals surface area (Å²) < 4.78 is 40.3. The lowest BCUT2D eigenvalue weighted by Gasteiger charge is -2.39. The normalized spacial score (nSPS) is 17.8. The number of nitrogens with zero attached hydrogens (tertiary/aromatic N) is 3. The van der Waals surface area contributed by atoms with Crippen LogP contribution < -0.4 is 24.3 Å². The highest BCUT2D eigenvalue weighted by Crippen LogP contribution is 2.52. The molecule has 0 fully saturated rings. The van der Waals surface area contributed by atoms with E-state index in [0.29, 0.717) is 34.5 Å². The summed E-state index contributed by atoms with van der Waals surface area (Å²) in [4.78, 5) is 4.39. The van der Waals surface area contributed by atoms with Crippen molar-refractivity contribution in [2.24, 2.45) is 0 Å². The van der Waals surface area contributed by atoms with Gasteiger partial charge in [0.15, 0.2) is 11.5 Å². The van der Waals surface area contributed by atoms with Crippen LogP contribution in [0.2, 0.25) is 0 Å². The summed E-state index contributed by atoms with van der Waals surface area (Å²) in [5.41, 5.74) is 3.64. The van der Waals surface area contributed by atoms with E-state index in [4.69, 9.17) is 18.9 Å². The molecule has 0 amide bonds. The zero-order valence-electron chi connectivity index (χ0n) is 19.9. The van der Waals surface area contributed by atoms with Crippen LogP contribution in [-0.2, 0) is 0 Å². The van der Waals surface area contributed by atoms with Gasteiger partial charge in [-0.1, -0.05) is 30.3 Å². The van der Waals surface area contributed by atoms with Crippen LogP contribution in [-0.4, -0.2) is 36.1 Å². The highest BCUT2D eigenvalue weighted by molar-refractivity contribution is 5.85. The van der Waals surface area contributed by atoms with Crippen molar-refractivity contribution in [1.82, 2.24) is 14.8 Å². The summed E-state index contributed by atoms with van der Waals surface area (Å²) in [5, 5.41) is 7.86. The summed E-state index contributed by atoms with van der Waals surface area (Å²) in [6.07, 6.45) is 0.827. The van der Waals surface area contributed by atoms with Gasteiger partial charge in [-0.3, -0.25) is 0 Å². The van der Waals surface area contributed by atoms with Gasteiger partial charge in [-0.25, -0.2) is 9.07 Å². The fraction of sp³-hybridized carbons (Fsp3) is 0.185. The summed E-state index contributed by atoms with van der Waals surface area (Å²) in [6.45, 7) is 0. The topological polar surface area (TPSA) is 79.7 Å². The van der Waals surface area contributed by atoms with Gasteiger partial charge in [-0.05, 0) is 30.3 Å². The minimum absolute atomic E-state index is 0.347. The molecule has 0 bridgehead atoms. The average molecular weight is 487 g/mol. The van der Waals surface area contributed by atoms with E-state index in [0.717, 1.165) is 22.4 Å². The van der Waals surface area contributed by atoms with Gasteiger partial charge >= 0.3 is 0 Å². The molecule has 0 saturated heterocycles. The van der Waals surface area contributed by atoms with Crippen LogP contribution in [0.25, 0.3) is 5.70 Å². The summed E-state index contributed by atoms with van der Waals surface area (Å²) in [5.74, 6) is 2.30. The SMILES string of the molecule is COc1cc([C@@H]2Oc3ccccc3C3=C2[C@H](c2ccccc2F)n2ncnc2N3)cc(OC)c1OC. The minimum atomic E-state index is -0.627. The van der Waals surface area contributed by atoms with Crippen LogP contribution in [0.15, 0.2) is 72.6 Å². The van der Waals surface area contributed by atoms with Gasteiger partial charge < -0.3 is 24.3 Å². The molecule has 0 radical (unpaired) electrons. The van der Waals surface area contributed by atoms with Crippen LogP contribution in [0.1, 0.15) is 28.8 Å². The van der Waals surface area contributed by atoms with Crippen molar-refractivity contribution >= 4 is 11.6 Å². The molecule has 1 aromatic heterocycles. The number of nitrogens with one attached hydrogen (secondary N) is 1. The number of hydrogen-bond donors (Lipinski definition) is 1. The van der Waals surface area contributed by atoms with Crippen molar-refractivity contribution < 1.29 is 23.3 Å². The maximum absolute atomic E-state index is 15.3. The highest BCUT2D eigenvalue weighted by atomic mass is 19.1. The van der Waals surface area contributed by atoms with Crippen LogP contribution in [0.3, 0.4) is 0 Å². The number of benzene rings is 3. The molecule has 9 heteroatoms. The molecule has 3 heterocycles. The van der Waals surface area contributed by atoms with Crippen LogP contribution >= 0.6 is 0 Å². The lowest BCUT2D eigenvalue weighted by molar-refractivity contribution is 0.220. The number of ether oxygens (including phenoxy) is 4. The first kappa shape index (κ1) is 22.0. The van der Waals surface area contributed by atoms with Gasteiger partial charge in [0.25, 0.3) is 0 Å². The summed E-state index contributed by atoms with van der Waals surface area (Å²) >= 11 is 0. The number of hydrogen-bond acceptors (Lipinski definition) is 7. The maximum atomic E-state index is 15.3. The maximum Gasteiger partial charge on any atom is 0.226 e. The third-order valence-corrected chi connectivity index (χ3v) is 6.51. The number of rotatable bonds is 5. The largest absolute Gasteiger partial charge is 0.493 e. The second kappa shape index (κ2) is 8.60. The van der Waals surface area contributed by atoms with E-state index in [1.54, 1.807) is 38.1 Å². The Balaban J connectivity index is 1.64. The molecule has 182 valence electrons. The van der Waals surface area contributed by atoms with Crippen molar-refractivity contribution in [3.8, 4) is 23.0 Å². The standard InChI is InChI=1S/C27H23FN4O4/c1-33-20-12-15(13-21(34-2)26(20)35-3)25-22-23(17-9-5-7-11-19(17)36-25)31-27-29-14-30-32(27)24(22)16-8-4-6-10-18(16)28/h4-14,24-25H,1-3H3,(H,29,30,31)/t24-,25-/m0/s1. The van der Waals surface area contributed by atoms with Gasteiger partial charge in [-0.2, -0.15) is 10.1 Å². The Morgan fingerprint density at radius 3 is 2.39 bits per heavy atom. The van der Waals surface area contributed by atoms with Crippen molar-refractivity contribution in [3.63, 3.8) is 0 Å². The molecule has 4 aromatic rings. The molecule has 8 nitrogen and oxygen atoms in total. The van der Waals surface area contributed by atoms with E-state index in [9.17, 15) is 0 Å². The van der Waals surface area contributed by atoms with Crippen molar-refractivity contribution in [3.05, 3.63) is 95.1 Å². The fourth-order valence-electron chi connectivity index (χ4n) is 4.94. The molecule has 3 aromatic carbocycles. The van der Waals surface area contributed by atoms with E-state index in [1.807, 2.05) is 42.5 Å². The molecule has 6 rings (SSSR count). The first-order chi connectivity index (χ1) is 17.6. The van der Waals surface area contributed by atoms with E-state index in [1.165, 1.54) is 12.4 Å². The van der Waals surface area contributed by atoms with E-state index in [-0.39, 0.29) is 5.82 Å². The predicted octanol–water partition coefficient (Wildman–Crippen LogP) is 5.00. The third kappa shape index (κ3) is 3.27. The molecular weight excluding hydrogens is 463 g/mol. The van der Waals surface area contributed by atoms with Crippen LogP contribution in [0.4, 0.5) is 10.3 Å². The Kier molecular flexibility index (Phi) is 5.25. The number of halogens is 1. The zero-order valence-corrected chi connectivity index (χ0v) is 19.9. The molecule has 2 aliphatic heterocycles. The molecule has 1 N–H and O–H groups in total. The second-order valence-corrected chi connectivity index (χ2v) is 8.36. The van der Waals surface area contributed by atoms with E-state index >= 15 is 4.39 Å². The predicted molar refractivity (Wildman–Crippen MR) is 131 cm³/mol. The molecular formula is C27H23FN4O4. The van der Waals surface area contributed by atoms with Crippen molar-refractivity contribution in [1.29, 1.82) is 0 Å². The molecule has 0 aliphatic carbocycles. The molecule has 2 aliphatic rings. The van der Waals surface area contributed by atoms with E-state index in [2.05, 4.69) is 15.4 Å². The van der Waals surface area contributed by atoms with Gasteiger partial charge in [0.05, 0.1) is 27.0 Å². The highest BCUT2D eigenvalue weighted by Gasteiger charge is 2.42. The number of fused-ring (bicyclic) bond motifs is 3. The Hall–Kier alpha value is -4.53. The Labute approximate surface area is 206 Å². The average Bonchev–Trinajstić information content (AvgIpc) is 3.39. The molecule has 36 heavy (non-hydrogen) atoms. The number of anilines is 1. The molecule has 0 saturated carbocycles. The van der Waals surface area contributed by atoms with E-state index < -0.39 is 12.1 Å². The summed E-state index contributed by atoms with van der Waals surface area (Å²) in [7, 11) is 4.68. The lowest BCUT2D eigenvalue weighted by atomic mass is 9.84. The van der Waals surface area contributed by atoms with Crippen molar-refractivity contribution in [2.75, 3.05) is 26.6 Å².